The van der Waals surface area contributed by atoms with Gasteiger partial charge in [0.1, 0.15) is 6.54 Å². The molecule has 0 spiro atoms. The Balaban J connectivity index is 2.54. The number of aromatic nitrogens is 2. The molecule has 0 fully saturated rings. The highest BCUT2D eigenvalue weighted by molar-refractivity contribution is 6.31. The van der Waals surface area contributed by atoms with Crippen molar-refractivity contribution in [2.45, 2.75) is 0 Å². The van der Waals surface area contributed by atoms with E-state index in [2.05, 4.69) is 20.0 Å². The maximum Gasteiger partial charge on any atom is 0.325 e. The van der Waals surface area contributed by atoms with Gasteiger partial charge in [-0.2, -0.15) is 0 Å². The lowest BCUT2D eigenvalue weighted by atomic mass is 10.6. The van der Waals surface area contributed by atoms with E-state index >= 15 is 0 Å². The van der Waals surface area contributed by atoms with Gasteiger partial charge < -0.3 is 10.1 Å². The Hall–Kier alpha value is -1.36. The summed E-state index contributed by atoms with van der Waals surface area (Å²) in [6.45, 7) is 0.0227. The minimum atomic E-state index is -0.387. The van der Waals surface area contributed by atoms with Crippen LogP contribution in [-0.2, 0) is 9.53 Å². The van der Waals surface area contributed by atoms with Crippen LogP contribution in [0.5, 0.6) is 0 Å². The first kappa shape index (κ1) is 9.73. The first-order chi connectivity index (χ1) is 6.24. The number of methoxy groups -OCH3 is 1. The van der Waals surface area contributed by atoms with Gasteiger partial charge in [-0.3, -0.25) is 4.79 Å². The van der Waals surface area contributed by atoms with Crippen molar-refractivity contribution >= 4 is 23.4 Å². The summed E-state index contributed by atoms with van der Waals surface area (Å²) in [5.41, 5.74) is 0. The van der Waals surface area contributed by atoms with Crippen molar-refractivity contribution in [1.82, 2.24) is 9.97 Å². The Labute approximate surface area is 80.1 Å². The molecule has 0 amide bonds. The minimum absolute atomic E-state index is 0.0227. The number of carbonyl (C=O) groups is 1. The summed E-state index contributed by atoms with van der Waals surface area (Å²) in [5, 5.41) is 2.91. The number of hydrogen-bond acceptors (Lipinski definition) is 5. The van der Waals surface area contributed by atoms with Crippen molar-refractivity contribution in [3.05, 3.63) is 17.5 Å². The van der Waals surface area contributed by atoms with Crippen LogP contribution in [0, 0.1) is 0 Å². The number of halogens is 1. The van der Waals surface area contributed by atoms with Crippen LogP contribution in [0.1, 0.15) is 0 Å². The Bertz CT molecular complexity index is 306. The quantitative estimate of drug-likeness (QED) is 0.730. The van der Waals surface area contributed by atoms with Gasteiger partial charge >= 0.3 is 5.97 Å². The average Bonchev–Trinajstić information content (AvgIpc) is 2.16. The van der Waals surface area contributed by atoms with Crippen LogP contribution < -0.4 is 5.32 Å². The third-order valence-corrected chi connectivity index (χ3v) is 1.56. The first-order valence-corrected chi connectivity index (χ1v) is 3.89. The predicted octanol–water partition coefficient (Wildman–Crippen LogP) is 0.715. The Morgan fingerprint density at radius 3 is 2.92 bits per heavy atom. The summed E-state index contributed by atoms with van der Waals surface area (Å²) in [7, 11) is 1.31. The second-order valence-corrected chi connectivity index (χ2v) is 2.48. The molecule has 0 radical (unpaired) electrons. The Kier molecular flexibility index (Phi) is 3.45. The number of esters is 1. The fourth-order valence-electron chi connectivity index (χ4n) is 0.668. The number of carbonyl (C=O) groups excluding carboxylic acids is 1. The van der Waals surface area contributed by atoms with Crippen molar-refractivity contribution in [2.75, 3.05) is 19.0 Å². The first-order valence-electron chi connectivity index (χ1n) is 3.51. The van der Waals surface area contributed by atoms with Gasteiger partial charge in [-0.25, -0.2) is 9.97 Å². The average molecular weight is 202 g/mol. The number of nitrogens with one attached hydrogen (secondary N) is 1. The highest BCUT2D eigenvalue weighted by Gasteiger charge is 2.04. The summed E-state index contributed by atoms with van der Waals surface area (Å²) in [4.78, 5) is 18.4. The minimum Gasteiger partial charge on any atom is -0.468 e. The zero-order chi connectivity index (χ0) is 9.68. The maximum atomic E-state index is 10.7. The van der Waals surface area contributed by atoms with Crippen LogP contribution in [-0.4, -0.2) is 29.6 Å². The van der Waals surface area contributed by atoms with Crippen LogP contribution in [0.3, 0.4) is 0 Å². The molecule has 5 nitrogen and oxygen atoms in total. The molecule has 0 aliphatic carbocycles. The van der Waals surface area contributed by atoms with E-state index in [9.17, 15) is 4.79 Å². The van der Waals surface area contributed by atoms with E-state index in [0.717, 1.165) is 0 Å². The Morgan fingerprint density at radius 1 is 1.62 bits per heavy atom. The third kappa shape index (κ3) is 2.87. The van der Waals surface area contributed by atoms with Crippen molar-refractivity contribution in [3.63, 3.8) is 0 Å². The molecule has 0 atom stereocenters. The van der Waals surface area contributed by atoms with Gasteiger partial charge in [0.05, 0.1) is 7.11 Å². The summed E-state index contributed by atoms with van der Waals surface area (Å²) >= 11 is 5.66. The van der Waals surface area contributed by atoms with Gasteiger partial charge in [-0.05, 0) is 0 Å². The topological polar surface area (TPSA) is 64.1 Å². The molecule has 70 valence electrons. The number of nitrogens with zero attached hydrogens (tertiary/aromatic N) is 2. The molecule has 0 saturated heterocycles. The molecule has 13 heavy (non-hydrogen) atoms. The normalized spacial score (nSPS) is 9.38. The molecule has 0 aromatic carbocycles. The highest BCUT2D eigenvalue weighted by Crippen LogP contribution is 2.13. The van der Waals surface area contributed by atoms with E-state index in [4.69, 9.17) is 11.6 Å². The van der Waals surface area contributed by atoms with E-state index in [1.54, 1.807) is 0 Å². The number of ether oxygens (including phenoxy) is 1. The van der Waals surface area contributed by atoms with Crippen LogP contribution in [0.15, 0.2) is 12.4 Å². The van der Waals surface area contributed by atoms with Gasteiger partial charge in [0.2, 0.25) is 0 Å². The molecular formula is C7H8ClN3O2. The molecule has 1 aromatic heterocycles. The molecule has 1 rings (SSSR count). The molecule has 0 aliphatic heterocycles. The van der Waals surface area contributed by atoms with E-state index in [-0.39, 0.29) is 17.7 Å². The summed E-state index contributed by atoms with van der Waals surface area (Å²) in [6, 6.07) is 0. The van der Waals surface area contributed by atoms with E-state index < -0.39 is 0 Å². The fourth-order valence-corrected chi connectivity index (χ4v) is 0.840. The second-order valence-electron chi connectivity index (χ2n) is 2.13. The number of rotatable bonds is 3. The summed E-state index contributed by atoms with van der Waals surface area (Å²) in [6.07, 6.45) is 2.94. The monoisotopic (exact) mass is 201 g/mol. The van der Waals surface area contributed by atoms with Crippen molar-refractivity contribution < 1.29 is 9.53 Å². The molecule has 6 heteroatoms. The predicted molar refractivity (Wildman–Crippen MR) is 47.5 cm³/mol. The highest BCUT2D eigenvalue weighted by atomic mass is 35.5. The van der Waals surface area contributed by atoms with Crippen molar-refractivity contribution in [3.8, 4) is 0 Å². The summed E-state index contributed by atoms with van der Waals surface area (Å²) < 4.78 is 4.42. The lowest BCUT2D eigenvalue weighted by Crippen LogP contribution is -2.16. The second kappa shape index (κ2) is 4.61. The smallest absolute Gasteiger partial charge is 0.325 e. The van der Waals surface area contributed by atoms with E-state index in [1.807, 2.05) is 0 Å². The molecule has 0 aliphatic rings. The van der Waals surface area contributed by atoms with E-state index in [1.165, 1.54) is 19.5 Å². The molecule has 1 aromatic rings. The lowest BCUT2D eigenvalue weighted by molar-refractivity contribution is -0.138. The van der Waals surface area contributed by atoms with Crippen molar-refractivity contribution in [2.24, 2.45) is 0 Å². The maximum absolute atomic E-state index is 10.7. The van der Waals surface area contributed by atoms with Crippen LogP contribution >= 0.6 is 11.6 Å². The van der Waals surface area contributed by atoms with E-state index in [0.29, 0.717) is 5.82 Å². The molecule has 1 N–H and O–H groups in total. The largest absolute Gasteiger partial charge is 0.468 e. The molecular weight excluding hydrogens is 194 g/mol. The fraction of sp³-hybridized carbons (Fsp3) is 0.286. The van der Waals surface area contributed by atoms with Gasteiger partial charge in [0.15, 0.2) is 11.0 Å². The zero-order valence-corrected chi connectivity index (χ0v) is 7.71. The molecule has 0 unspecified atom stereocenters. The van der Waals surface area contributed by atoms with Gasteiger partial charge in [-0.1, -0.05) is 11.6 Å². The SMILES string of the molecule is COC(=O)CNc1nccnc1Cl. The van der Waals surface area contributed by atoms with Crippen LogP contribution in [0.25, 0.3) is 0 Å². The van der Waals surface area contributed by atoms with Gasteiger partial charge in [-0.15, -0.1) is 0 Å². The summed E-state index contributed by atoms with van der Waals surface area (Å²) in [5.74, 6) is -0.0173. The molecule has 0 bridgehead atoms. The van der Waals surface area contributed by atoms with Gasteiger partial charge in [0, 0.05) is 12.4 Å². The standard InChI is InChI=1S/C7H8ClN3O2/c1-13-5(12)4-11-7-6(8)9-2-3-10-7/h2-3H,4H2,1H3,(H,10,11). The Morgan fingerprint density at radius 2 is 2.31 bits per heavy atom. The zero-order valence-electron chi connectivity index (χ0n) is 6.95. The number of hydrogen-bond donors (Lipinski definition) is 1. The third-order valence-electron chi connectivity index (χ3n) is 1.28. The van der Waals surface area contributed by atoms with Gasteiger partial charge in [0.25, 0.3) is 0 Å². The van der Waals surface area contributed by atoms with Crippen molar-refractivity contribution in [1.29, 1.82) is 0 Å². The lowest BCUT2D eigenvalue weighted by Gasteiger charge is -2.03. The number of anilines is 1. The molecule has 0 saturated carbocycles. The van der Waals surface area contributed by atoms with Crippen LogP contribution in [0.2, 0.25) is 5.15 Å². The molecule has 1 heterocycles. The van der Waals surface area contributed by atoms with Crippen LogP contribution in [0.4, 0.5) is 5.82 Å².